The molecule has 3 saturated heterocycles. The van der Waals surface area contributed by atoms with Gasteiger partial charge in [-0.2, -0.15) is 0 Å². The van der Waals surface area contributed by atoms with E-state index >= 15 is 0 Å². The number of ketones is 2. The third-order valence-corrected chi connectivity index (χ3v) is 18.6. The van der Waals surface area contributed by atoms with E-state index in [2.05, 4.69) is 37.3 Å². The molecule has 35 nitrogen and oxygen atoms in total. The zero-order chi connectivity index (χ0) is 91.6. The van der Waals surface area contributed by atoms with E-state index in [1.165, 1.54) is 55.5 Å². The number of ether oxygens (including phenoxy) is 10. The number of unbranched alkanes of at least 4 members (excludes halogenated alkanes) is 3. The summed E-state index contributed by atoms with van der Waals surface area (Å²) >= 11 is 0. The third-order valence-electron chi connectivity index (χ3n) is 18.6. The van der Waals surface area contributed by atoms with Crippen LogP contribution in [-0.2, 0) is 93.8 Å². The lowest BCUT2D eigenvalue weighted by atomic mass is 9.96. The summed E-state index contributed by atoms with van der Waals surface area (Å²) in [6.07, 6.45) is 2.18. The standard InChI is InChI=1S/C35H48O20.C22H18O12.C17H26O.C14H24O2/c1-14-24(42)26(44)29(47)35(51-14)55-32-30(48)34(49-9-8-16-3-6-18(38)20(40)11-16)53-22(13-50-33-28(46)27(45)25(43)21(12-36)52-33)31(32)54-23(41)7-4-15-2-5-17(37)19(39)10-15;23-11-32-22(34-19(29)8-4-13-2-6-15(25)17(27)10-13)20(21(30)31)33-18(28)7-3-12-1-5-14(24)16(26)9-12;1-4-5-6-7-8-9-10-11-12-13-17(18)15-14-16(2)3;1-5-14(4,16)10-8-6-7-9-12(2)11-13(3)15/h2-3,5-6,10-11,14,21-22,24-40,42-48H,4,7-9,12-13H2,1H3;1-11,20,22,24-27H,(H,30,31);4-9,12-13,16H,10-11,14-15H2,1-3H3;5,9,16H,1,6-8,10-11H2,2-4H3/b;7-3+,8-4+;5-4+,7-6+,9-8-,13-12+;12-9+. The molecule has 18 N–H and O–H groups in total. The van der Waals surface area contributed by atoms with Crippen molar-refractivity contribution in [2.75, 3.05) is 19.8 Å². The van der Waals surface area contributed by atoms with Crippen LogP contribution in [0.25, 0.3) is 12.2 Å². The van der Waals surface area contributed by atoms with Crippen molar-refractivity contribution in [2.24, 2.45) is 5.92 Å². The Kier molecular flexibility index (Phi) is 46.0. The minimum Gasteiger partial charge on any atom is -0.504 e. The van der Waals surface area contributed by atoms with Gasteiger partial charge in [-0.15, -0.1) is 6.58 Å². The fourth-order valence-electron chi connectivity index (χ4n) is 11.6. The number of rotatable bonds is 41. The molecule has 678 valence electrons. The minimum absolute atomic E-state index is 0.00492. The van der Waals surface area contributed by atoms with Crippen LogP contribution in [0.4, 0.5) is 0 Å². The molecule has 0 bridgehead atoms. The van der Waals surface area contributed by atoms with Crippen molar-refractivity contribution in [1.82, 2.24) is 0 Å². The number of hydrogen-bond acceptors (Lipinski definition) is 34. The average Bonchev–Trinajstić information content (AvgIpc) is 0.777. The number of carbonyl (C=O) groups is 7. The quantitative estimate of drug-likeness (QED) is 0.00262. The maximum Gasteiger partial charge on any atom is 0.353 e. The molecule has 123 heavy (non-hydrogen) atoms. The Labute approximate surface area is 711 Å². The molecule has 0 spiro atoms. The lowest BCUT2D eigenvalue weighted by Gasteiger charge is -2.47. The summed E-state index contributed by atoms with van der Waals surface area (Å²) < 4.78 is 54.3. The van der Waals surface area contributed by atoms with E-state index in [1.807, 2.05) is 50.3 Å². The number of esters is 3. The van der Waals surface area contributed by atoms with Crippen LogP contribution in [0.3, 0.4) is 0 Å². The molecule has 0 aromatic heterocycles. The second-order valence-corrected chi connectivity index (χ2v) is 29.4. The SMILES string of the molecule is C/C=C/C=C/C=C\CC/C=C/C(=O)CCC(C)C.C=CC(C)(O)CCCC/C=C(\C)CC(C)=O.CC1OC(OC2C(O)C(OCCc3ccc(O)c(O)c3)OC(COC3OC(CO)C(O)C(O)C3O)C2OC(=O)CCc2ccc(O)c(O)c2)C(O)C(O)C1O.O=COC(OC(=O)/C=C/c1ccc(O)c(O)c1)C(OC(=O)/C=C/c1ccc(O)c(O)c1)C(=O)O. The maximum atomic E-state index is 13.4. The Bertz CT molecular complexity index is 4220. The van der Waals surface area contributed by atoms with Crippen LogP contribution in [0, 0.1) is 5.92 Å². The zero-order valence-electron chi connectivity index (χ0n) is 69.3. The molecule has 3 heterocycles. The van der Waals surface area contributed by atoms with E-state index in [1.54, 1.807) is 26.0 Å². The fraction of sp³-hybridized carbons (Fsp3) is 0.466. The molecule has 18 unspecified atom stereocenters. The van der Waals surface area contributed by atoms with Gasteiger partial charge in [-0.25, -0.2) is 14.4 Å². The highest BCUT2D eigenvalue weighted by Gasteiger charge is 2.54. The monoisotopic (exact) mass is 1730 g/mol. The van der Waals surface area contributed by atoms with Crippen molar-refractivity contribution < 1.29 is 173 Å². The van der Waals surface area contributed by atoms with Crippen molar-refractivity contribution in [3.8, 4) is 46.0 Å². The predicted octanol–water partition coefficient (Wildman–Crippen LogP) is 6.43. The van der Waals surface area contributed by atoms with Crippen molar-refractivity contribution in [3.63, 3.8) is 0 Å². The molecule has 0 amide bonds. The number of Topliss-reactive ketones (excluding diaryl/α,β-unsaturated/α-hetero) is 1. The van der Waals surface area contributed by atoms with Gasteiger partial charge in [0.05, 0.1) is 31.5 Å². The Hall–Kier alpha value is -10.7. The maximum absolute atomic E-state index is 13.4. The van der Waals surface area contributed by atoms with Crippen molar-refractivity contribution >= 4 is 54.1 Å². The molecule has 0 aliphatic carbocycles. The number of carboxylic acids is 1. The van der Waals surface area contributed by atoms with E-state index in [0.29, 0.717) is 29.9 Å². The highest BCUT2D eigenvalue weighted by molar-refractivity contribution is 5.91. The van der Waals surface area contributed by atoms with Crippen LogP contribution in [0.5, 0.6) is 46.0 Å². The summed E-state index contributed by atoms with van der Waals surface area (Å²) in [4.78, 5) is 82.0. The number of carboxylic acid groups (broad SMARTS) is 1. The normalized spacial score (nSPS) is 23.8. The molecule has 4 aromatic carbocycles. The molecule has 3 fully saturated rings. The molecular weight excluding hydrogens is 1620 g/mol. The first-order valence-corrected chi connectivity index (χ1v) is 39.4. The van der Waals surface area contributed by atoms with Gasteiger partial charge in [-0.1, -0.05) is 98.4 Å². The number of phenols is 8. The van der Waals surface area contributed by atoms with Crippen LogP contribution < -0.4 is 0 Å². The van der Waals surface area contributed by atoms with Gasteiger partial charge >= 0.3 is 23.9 Å². The summed E-state index contributed by atoms with van der Waals surface area (Å²) in [5, 5.41) is 179. The zero-order valence-corrected chi connectivity index (χ0v) is 69.3. The van der Waals surface area contributed by atoms with E-state index in [-0.39, 0.29) is 78.0 Å². The minimum atomic E-state index is -2.23. The number of phenolic OH excluding ortho intramolecular Hbond substituents is 8. The first-order chi connectivity index (χ1) is 58.2. The highest BCUT2D eigenvalue weighted by Crippen LogP contribution is 2.35. The lowest BCUT2D eigenvalue weighted by Crippen LogP contribution is -2.65. The first kappa shape index (κ1) is 105. The Morgan fingerprint density at radius 3 is 1.66 bits per heavy atom. The van der Waals surface area contributed by atoms with E-state index in [4.69, 9.17) is 42.6 Å². The first-order valence-electron chi connectivity index (χ1n) is 39.4. The Morgan fingerprint density at radius 1 is 0.577 bits per heavy atom. The number of aromatic hydroxyl groups is 8. The highest BCUT2D eigenvalue weighted by atomic mass is 16.8. The summed E-state index contributed by atoms with van der Waals surface area (Å²) in [5.41, 5.74) is 1.90. The topological polar surface area (TPSA) is 576 Å². The fourth-order valence-corrected chi connectivity index (χ4v) is 11.6. The summed E-state index contributed by atoms with van der Waals surface area (Å²) in [6, 6.07) is 15.2. The van der Waals surface area contributed by atoms with Crippen molar-refractivity contribution in [3.05, 3.63) is 180 Å². The van der Waals surface area contributed by atoms with Gasteiger partial charge in [-0.05, 0) is 187 Å². The summed E-state index contributed by atoms with van der Waals surface area (Å²) in [6.45, 7) is 14.8. The molecule has 35 heteroatoms. The number of carbonyl (C=O) groups excluding carboxylic acids is 6. The molecule has 0 radical (unpaired) electrons. The molecule has 3 aliphatic rings. The van der Waals surface area contributed by atoms with E-state index < -0.39 is 170 Å². The van der Waals surface area contributed by atoms with E-state index in [9.17, 15) is 125 Å². The van der Waals surface area contributed by atoms with Crippen LogP contribution in [0.1, 0.15) is 135 Å². The van der Waals surface area contributed by atoms with Crippen molar-refractivity contribution in [1.29, 1.82) is 0 Å². The number of benzene rings is 4. The van der Waals surface area contributed by atoms with E-state index in [0.717, 1.165) is 99.1 Å². The average molecular weight is 1730 g/mol. The van der Waals surface area contributed by atoms with Crippen LogP contribution in [-0.4, -0.2) is 264 Å². The van der Waals surface area contributed by atoms with Crippen molar-refractivity contribution in [2.45, 2.75) is 236 Å². The van der Waals surface area contributed by atoms with Gasteiger partial charge in [0.1, 0.15) is 66.8 Å². The number of aryl methyl sites for hydroxylation is 1. The van der Waals surface area contributed by atoms with Gasteiger partial charge < -0.3 is 139 Å². The Balaban J connectivity index is 0.000000394. The second kappa shape index (κ2) is 54.0. The number of aliphatic carboxylic acids is 1. The largest absolute Gasteiger partial charge is 0.504 e. The lowest BCUT2D eigenvalue weighted by molar-refractivity contribution is -0.364. The molecule has 4 aromatic rings. The molecule has 7 rings (SSSR count). The number of aliphatic hydroxyl groups excluding tert-OH is 8. The van der Waals surface area contributed by atoms with Gasteiger partial charge in [0.2, 0.25) is 0 Å². The van der Waals surface area contributed by atoms with Crippen LogP contribution in [0.2, 0.25) is 0 Å². The molecule has 0 saturated carbocycles. The summed E-state index contributed by atoms with van der Waals surface area (Å²) in [7, 11) is 0. The Morgan fingerprint density at radius 2 is 1.11 bits per heavy atom. The smallest absolute Gasteiger partial charge is 0.353 e. The van der Waals surface area contributed by atoms with Gasteiger partial charge in [0.15, 0.2) is 76.8 Å². The number of allylic oxidation sites excluding steroid dienone is 10. The number of hydrogen-bond donors (Lipinski definition) is 18. The van der Waals surface area contributed by atoms with Gasteiger partial charge in [0, 0.05) is 31.4 Å². The van der Waals surface area contributed by atoms with Gasteiger partial charge in [0.25, 0.3) is 18.9 Å². The molecule has 3 aliphatic heterocycles. The predicted molar refractivity (Wildman–Crippen MR) is 440 cm³/mol. The molecule has 18 atom stereocenters. The molecular formula is C88H116O35. The van der Waals surface area contributed by atoms with Crippen LogP contribution >= 0.6 is 0 Å². The third kappa shape index (κ3) is 37.5. The second-order valence-electron chi connectivity index (χ2n) is 29.4. The van der Waals surface area contributed by atoms with Crippen LogP contribution in [0.15, 0.2) is 158 Å². The summed E-state index contributed by atoms with van der Waals surface area (Å²) in [5.74, 6) is -7.25. The number of aliphatic hydroxyl groups is 9. The van der Waals surface area contributed by atoms with Gasteiger partial charge in [-0.3, -0.25) is 19.2 Å².